The first-order valence-corrected chi connectivity index (χ1v) is 10.5. The Balaban J connectivity index is 1.63. The number of aryl methyl sites for hydroxylation is 1. The standard InChI is InChI=1S/C25H21ClN2O2/c1-15-10-11-21(20(26)14-15)27-24(29)22-18-8-4-5-9-19(18)25(30)28-13-12-16-6-2-3-7-17(16)23(22)28/h2-11,14,22-23H,12-13H2,1H3,(H,27,29)/t22-,23-/m1/s1. The van der Waals surface area contributed by atoms with E-state index in [4.69, 9.17) is 11.6 Å². The molecular formula is C25H21ClN2O2. The second kappa shape index (κ2) is 7.29. The Bertz CT molecular complexity index is 1170. The van der Waals surface area contributed by atoms with Crippen molar-refractivity contribution in [3.05, 3.63) is 99.6 Å². The van der Waals surface area contributed by atoms with Gasteiger partial charge in [0.25, 0.3) is 5.91 Å². The van der Waals surface area contributed by atoms with E-state index in [0.717, 1.165) is 23.1 Å². The van der Waals surface area contributed by atoms with Crippen molar-refractivity contribution in [2.45, 2.75) is 25.3 Å². The van der Waals surface area contributed by atoms with Crippen LogP contribution in [0, 0.1) is 6.92 Å². The van der Waals surface area contributed by atoms with E-state index in [1.807, 2.05) is 72.5 Å². The SMILES string of the molecule is Cc1ccc(NC(=O)[C@@H]2c3ccccc3C(=O)N3CCc4ccccc4[C@H]23)c(Cl)c1. The molecule has 30 heavy (non-hydrogen) atoms. The molecule has 150 valence electrons. The molecule has 0 aliphatic carbocycles. The molecule has 2 aliphatic heterocycles. The average Bonchev–Trinajstić information content (AvgIpc) is 2.76. The monoisotopic (exact) mass is 416 g/mol. The zero-order valence-corrected chi connectivity index (χ0v) is 17.3. The van der Waals surface area contributed by atoms with E-state index in [2.05, 4.69) is 11.4 Å². The summed E-state index contributed by atoms with van der Waals surface area (Å²) in [5.74, 6) is -0.687. The highest BCUT2D eigenvalue weighted by molar-refractivity contribution is 6.33. The van der Waals surface area contributed by atoms with Crippen molar-refractivity contribution >= 4 is 29.1 Å². The second-order valence-corrected chi connectivity index (χ2v) is 8.34. The molecule has 2 aliphatic rings. The number of nitrogens with zero attached hydrogens (tertiary/aromatic N) is 1. The Kier molecular flexibility index (Phi) is 4.59. The molecule has 5 heteroatoms. The van der Waals surface area contributed by atoms with Crippen LogP contribution in [0.5, 0.6) is 0 Å². The van der Waals surface area contributed by atoms with Crippen molar-refractivity contribution in [3.63, 3.8) is 0 Å². The maximum Gasteiger partial charge on any atom is 0.254 e. The van der Waals surface area contributed by atoms with Crippen molar-refractivity contribution < 1.29 is 9.59 Å². The van der Waals surface area contributed by atoms with Gasteiger partial charge in [0.15, 0.2) is 0 Å². The van der Waals surface area contributed by atoms with E-state index in [1.165, 1.54) is 5.56 Å². The number of halogens is 1. The van der Waals surface area contributed by atoms with Gasteiger partial charge in [-0.3, -0.25) is 9.59 Å². The Morgan fingerprint density at radius 1 is 1.03 bits per heavy atom. The second-order valence-electron chi connectivity index (χ2n) is 7.93. The molecule has 0 unspecified atom stereocenters. The normalized spacial score (nSPS) is 19.5. The highest BCUT2D eigenvalue weighted by atomic mass is 35.5. The van der Waals surface area contributed by atoms with Crippen molar-refractivity contribution in [1.82, 2.24) is 4.90 Å². The Morgan fingerprint density at radius 2 is 1.77 bits per heavy atom. The Labute approximate surface area is 180 Å². The Morgan fingerprint density at radius 3 is 2.57 bits per heavy atom. The summed E-state index contributed by atoms with van der Waals surface area (Å²) in [5, 5.41) is 3.52. The van der Waals surface area contributed by atoms with Gasteiger partial charge < -0.3 is 10.2 Å². The van der Waals surface area contributed by atoms with Crippen LogP contribution in [0.25, 0.3) is 0 Å². The van der Waals surface area contributed by atoms with Crippen molar-refractivity contribution in [2.24, 2.45) is 0 Å². The molecule has 4 nitrogen and oxygen atoms in total. The molecule has 0 saturated heterocycles. The zero-order valence-electron chi connectivity index (χ0n) is 16.6. The minimum Gasteiger partial charge on any atom is -0.330 e. The summed E-state index contributed by atoms with van der Waals surface area (Å²) in [6.07, 6.45) is 0.790. The molecule has 0 bridgehead atoms. The zero-order chi connectivity index (χ0) is 20.8. The molecule has 3 aromatic rings. The fourth-order valence-electron chi connectivity index (χ4n) is 4.69. The first-order chi connectivity index (χ1) is 14.5. The van der Waals surface area contributed by atoms with Crippen LogP contribution < -0.4 is 5.32 Å². The van der Waals surface area contributed by atoms with Crippen molar-refractivity contribution in [3.8, 4) is 0 Å². The van der Waals surface area contributed by atoms with E-state index in [0.29, 0.717) is 22.8 Å². The van der Waals surface area contributed by atoms with Gasteiger partial charge in [-0.05, 0) is 53.8 Å². The molecule has 0 radical (unpaired) electrons. The fourth-order valence-corrected chi connectivity index (χ4v) is 4.97. The number of rotatable bonds is 2. The van der Waals surface area contributed by atoms with Gasteiger partial charge >= 0.3 is 0 Å². The Hall–Kier alpha value is -3.11. The molecule has 2 atom stereocenters. The first-order valence-electron chi connectivity index (χ1n) is 10.1. The van der Waals surface area contributed by atoms with Gasteiger partial charge in [-0.25, -0.2) is 0 Å². The number of carbonyl (C=O) groups excluding carboxylic acids is 2. The molecule has 0 fully saturated rings. The lowest BCUT2D eigenvalue weighted by Gasteiger charge is -2.45. The molecule has 2 amide bonds. The van der Waals surface area contributed by atoms with E-state index in [-0.39, 0.29) is 17.9 Å². The molecule has 3 aromatic carbocycles. The lowest BCUT2D eigenvalue weighted by molar-refractivity contribution is -0.119. The van der Waals surface area contributed by atoms with Crippen LogP contribution in [-0.4, -0.2) is 23.3 Å². The summed E-state index contributed by atoms with van der Waals surface area (Å²) in [6, 6.07) is 20.8. The summed E-state index contributed by atoms with van der Waals surface area (Å²) in [5.41, 5.74) is 5.21. The lowest BCUT2D eigenvalue weighted by Crippen LogP contribution is -2.49. The number of nitrogens with one attached hydrogen (secondary N) is 1. The molecule has 0 aromatic heterocycles. The molecular weight excluding hydrogens is 396 g/mol. The third-order valence-corrected chi connectivity index (χ3v) is 6.41. The number of carbonyl (C=O) groups is 2. The predicted octanol–water partition coefficient (Wildman–Crippen LogP) is 5.12. The predicted molar refractivity (Wildman–Crippen MR) is 118 cm³/mol. The van der Waals surface area contributed by atoms with Crippen molar-refractivity contribution in [2.75, 3.05) is 11.9 Å². The highest BCUT2D eigenvalue weighted by Crippen LogP contribution is 2.46. The topological polar surface area (TPSA) is 49.4 Å². The lowest BCUT2D eigenvalue weighted by atomic mass is 9.76. The van der Waals surface area contributed by atoms with Gasteiger partial charge in [0.05, 0.1) is 22.7 Å². The van der Waals surface area contributed by atoms with Crippen LogP contribution in [0.1, 0.15) is 44.6 Å². The van der Waals surface area contributed by atoms with Crippen molar-refractivity contribution in [1.29, 1.82) is 0 Å². The van der Waals surface area contributed by atoms with Gasteiger partial charge in [0.1, 0.15) is 0 Å². The van der Waals surface area contributed by atoms with Crippen LogP contribution >= 0.6 is 11.6 Å². The molecule has 1 N–H and O–H groups in total. The smallest absolute Gasteiger partial charge is 0.254 e. The fraction of sp³-hybridized carbons (Fsp3) is 0.200. The van der Waals surface area contributed by atoms with Gasteiger partial charge in [-0.15, -0.1) is 0 Å². The molecule has 5 rings (SSSR count). The van der Waals surface area contributed by atoms with E-state index in [9.17, 15) is 9.59 Å². The van der Waals surface area contributed by atoms with Gasteiger partial charge in [-0.1, -0.05) is 60.1 Å². The van der Waals surface area contributed by atoms with Crippen LogP contribution in [0.2, 0.25) is 5.02 Å². The van der Waals surface area contributed by atoms with Gasteiger partial charge in [-0.2, -0.15) is 0 Å². The number of benzene rings is 3. The summed E-state index contributed by atoms with van der Waals surface area (Å²) in [7, 11) is 0. The number of hydrogen-bond donors (Lipinski definition) is 1. The molecule has 2 heterocycles. The van der Waals surface area contributed by atoms with Gasteiger partial charge in [0, 0.05) is 12.1 Å². The number of anilines is 1. The minimum absolute atomic E-state index is 0.0116. The van der Waals surface area contributed by atoms with Crippen LogP contribution in [-0.2, 0) is 11.2 Å². The summed E-state index contributed by atoms with van der Waals surface area (Å²) in [6.45, 7) is 2.56. The van der Waals surface area contributed by atoms with Crippen LogP contribution in [0.15, 0.2) is 66.7 Å². The quantitative estimate of drug-likeness (QED) is 0.630. The summed E-state index contributed by atoms with van der Waals surface area (Å²) >= 11 is 6.38. The maximum absolute atomic E-state index is 13.6. The number of amides is 2. The third-order valence-electron chi connectivity index (χ3n) is 6.10. The van der Waals surface area contributed by atoms with Crippen LogP contribution in [0.4, 0.5) is 5.69 Å². The average molecular weight is 417 g/mol. The van der Waals surface area contributed by atoms with E-state index < -0.39 is 5.92 Å². The minimum atomic E-state index is -0.516. The number of fused-ring (bicyclic) bond motifs is 4. The van der Waals surface area contributed by atoms with Crippen LogP contribution in [0.3, 0.4) is 0 Å². The summed E-state index contributed by atoms with van der Waals surface area (Å²) < 4.78 is 0. The third kappa shape index (κ3) is 2.99. The molecule has 0 saturated carbocycles. The largest absolute Gasteiger partial charge is 0.330 e. The van der Waals surface area contributed by atoms with E-state index >= 15 is 0 Å². The van der Waals surface area contributed by atoms with Gasteiger partial charge in [0.2, 0.25) is 5.91 Å². The number of hydrogen-bond acceptors (Lipinski definition) is 2. The maximum atomic E-state index is 13.6. The summed E-state index contributed by atoms with van der Waals surface area (Å²) in [4.78, 5) is 28.7. The van der Waals surface area contributed by atoms with E-state index in [1.54, 1.807) is 0 Å². The highest BCUT2D eigenvalue weighted by Gasteiger charge is 2.46. The molecule has 0 spiro atoms. The first kappa shape index (κ1) is 18.9.